The molecule has 5 heteroatoms. The zero-order chi connectivity index (χ0) is 16.1. The number of aryl methyl sites for hydroxylation is 1. The molecule has 0 bridgehead atoms. The number of likely N-dealkylation sites (tertiary alicyclic amines) is 1. The van der Waals surface area contributed by atoms with E-state index in [2.05, 4.69) is 5.32 Å². The van der Waals surface area contributed by atoms with Crippen molar-refractivity contribution >= 4 is 11.8 Å². The van der Waals surface area contributed by atoms with Gasteiger partial charge in [0.15, 0.2) is 0 Å². The minimum atomic E-state index is -0.242. The van der Waals surface area contributed by atoms with Crippen molar-refractivity contribution in [2.75, 3.05) is 19.7 Å². The largest absolute Gasteiger partial charge is 0.492 e. The average Bonchev–Trinajstić information content (AvgIpc) is 2.86. The van der Waals surface area contributed by atoms with E-state index in [4.69, 9.17) is 4.74 Å². The normalized spacial score (nSPS) is 17.9. The first-order chi connectivity index (χ1) is 10.5. The van der Waals surface area contributed by atoms with E-state index in [0.29, 0.717) is 26.1 Å². The predicted molar refractivity (Wildman–Crippen MR) is 84.6 cm³/mol. The lowest BCUT2D eigenvalue weighted by atomic mass is 10.1. The third-order valence-electron chi connectivity index (χ3n) is 3.81. The summed E-state index contributed by atoms with van der Waals surface area (Å²) in [5.41, 5.74) is 1.14. The molecule has 2 rings (SSSR count). The van der Waals surface area contributed by atoms with Gasteiger partial charge in [0.25, 0.3) is 0 Å². The van der Waals surface area contributed by atoms with Crippen LogP contribution in [0.2, 0.25) is 0 Å². The topological polar surface area (TPSA) is 58.6 Å². The number of amides is 2. The minimum Gasteiger partial charge on any atom is -0.492 e. The van der Waals surface area contributed by atoms with Crippen LogP contribution in [0, 0.1) is 12.8 Å². The van der Waals surface area contributed by atoms with E-state index in [0.717, 1.165) is 11.3 Å². The SMILES string of the molecule is Cc1cccc(OCCNC(=O)[C@@H]2CC(=O)N(C(C)C)C2)c1. The molecule has 1 aliphatic rings. The number of hydrogen-bond acceptors (Lipinski definition) is 3. The van der Waals surface area contributed by atoms with Crippen LogP contribution in [-0.2, 0) is 9.59 Å². The molecule has 1 N–H and O–H groups in total. The molecule has 1 atom stereocenters. The molecule has 2 amide bonds. The van der Waals surface area contributed by atoms with Crippen molar-refractivity contribution in [3.05, 3.63) is 29.8 Å². The van der Waals surface area contributed by atoms with E-state index in [-0.39, 0.29) is 23.8 Å². The number of carbonyl (C=O) groups excluding carboxylic acids is 2. The zero-order valence-corrected chi connectivity index (χ0v) is 13.5. The molecule has 0 radical (unpaired) electrons. The van der Waals surface area contributed by atoms with Crippen LogP contribution in [0.15, 0.2) is 24.3 Å². The van der Waals surface area contributed by atoms with Crippen LogP contribution >= 0.6 is 0 Å². The Balaban J connectivity index is 1.71. The van der Waals surface area contributed by atoms with Gasteiger partial charge in [-0.1, -0.05) is 12.1 Å². The smallest absolute Gasteiger partial charge is 0.225 e. The summed E-state index contributed by atoms with van der Waals surface area (Å²) in [4.78, 5) is 25.6. The Labute approximate surface area is 131 Å². The molecule has 1 saturated heterocycles. The van der Waals surface area contributed by atoms with E-state index < -0.39 is 0 Å². The van der Waals surface area contributed by atoms with Crippen LogP contribution in [0.25, 0.3) is 0 Å². The van der Waals surface area contributed by atoms with Gasteiger partial charge in [0, 0.05) is 19.0 Å². The molecule has 0 spiro atoms. The highest BCUT2D eigenvalue weighted by molar-refractivity contribution is 5.89. The Morgan fingerprint density at radius 1 is 1.45 bits per heavy atom. The summed E-state index contributed by atoms with van der Waals surface area (Å²) in [5.74, 6) is 0.556. The Morgan fingerprint density at radius 2 is 2.23 bits per heavy atom. The average molecular weight is 304 g/mol. The molecule has 5 nitrogen and oxygen atoms in total. The van der Waals surface area contributed by atoms with Crippen LogP contribution in [0.1, 0.15) is 25.8 Å². The fourth-order valence-corrected chi connectivity index (χ4v) is 2.60. The summed E-state index contributed by atoms with van der Waals surface area (Å²) in [6.07, 6.45) is 0.308. The molecule has 1 aliphatic heterocycles. The van der Waals surface area contributed by atoms with E-state index in [1.54, 1.807) is 4.90 Å². The van der Waals surface area contributed by atoms with Gasteiger partial charge < -0.3 is 15.0 Å². The van der Waals surface area contributed by atoms with Gasteiger partial charge in [-0.3, -0.25) is 9.59 Å². The van der Waals surface area contributed by atoms with Gasteiger partial charge in [-0.15, -0.1) is 0 Å². The van der Waals surface area contributed by atoms with Gasteiger partial charge in [-0.05, 0) is 38.5 Å². The maximum absolute atomic E-state index is 12.1. The van der Waals surface area contributed by atoms with E-state index in [9.17, 15) is 9.59 Å². The molecule has 0 aromatic heterocycles. The molecule has 1 fully saturated rings. The quantitative estimate of drug-likeness (QED) is 0.815. The molecular formula is C17H24N2O3. The lowest BCUT2D eigenvalue weighted by molar-refractivity contribution is -0.129. The van der Waals surface area contributed by atoms with Crippen LogP contribution in [0.3, 0.4) is 0 Å². The molecule has 1 aromatic rings. The van der Waals surface area contributed by atoms with Gasteiger partial charge in [-0.25, -0.2) is 0 Å². The Bertz CT molecular complexity index is 542. The zero-order valence-electron chi connectivity index (χ0n) is 13.5. The number of nitrogens with zero attached hydrogens (tertiary/aromatic N) is 1. The first kappa shape index (κ1) is 16.3. The third kappa shape index (κ3) is 4.23. The lowest BCUT2D eigenvalue weighted by Gasteiger charge is -2.20. The summed E-state index contributed by atoms with van der Waals surface area (Å²) in [7, 11) is 0. The number of rotatable bonds is 6. The summed E-state index contributed by atoms with van der Waals surface area (Å²) >= 11 is 0. The van der Waals surface area contributed by atoms with Crippen molar-refractivity contribution in [1.29, 1.82) is 0 Å². The van der Waals surface area contributed by atoms with Crippen molar-refractivity contribution in [3.63, 3.8) is 0 Å². The monoisotopic (exact) mass is 304 g/mol. The Kier molecular flexibility index (Phi) is 5.41. The van der Waals surface area contributed by atoms with Gasteiger partial charge in [0.05, 0.1) is 12.5 Å². The second kappa shape index (κ2) is 7.29. The van der Waals surface area contributed by atoms with Gasteiger partial charge in [0.1, 0.15) is 12.4 Å². The number of hydrogen-bond donors (Lipinski definition) is 1. The predicted octanol–water partition coefficient (Wildman–Crippen LogP) is 1.75. The summed E-state index contributed by atoms with van der Waals surface area (Å²) in [5, 5.41) is 2.85. The van der Waals surface area contributed by atoms with Crippen molar-refractivity contribution in [1.82, 2.24) is 10.2 Å². The van der Waals surface area contributed by atoms with Gasteiger partial charge in [0.2, 0.25) is 11.8 Å². The molecule has 1 aromatic carbocycles. The number of carbonyl (C=O) groups is 2. The summed E-state index contributed by atoms with van der Waals surface area (Å²) < 4.78 is 5.59. The van der Waals surface area contributed by atoms with E-state index >= 15 is 0 Å². The maximum atomic E-state index is 12.1. The van der Waals surface area contributed by atoms with Crippen LogP contribution in [0.4, 0.5) is 0 Å². The fraction of sp³-hybridized carbons (Fsp3) is 0.529. The third-order valence-corrected chi connectivity index (χ3v) is 3.81. The summed E-state index contributed by atoms with van der Waals surface area (Å²) in [6.45, 7) is 7.32. The standard InChI is InChI=1S/C17H24N2O3/c1-12(2)19-11-14(10-16(19)20)17(21)18-7-8-22-15-6-4-5-13(3)9-15/h4-6,9,12,14H,7-8,10-11H2,1-3H3,(H,18,21)/t14-/m1/s1. The van der Waals surface area contributed by atoms with Crippen molar-refractivity contribution in [2.45, 2.75) is 33.2 Å². The molecular weight excluding hydrogens is 280 g/mol. The number of ether oxygens (including phenoxy) is 1. The first-order valence-electron chi connectivity index (χ1n) is 7.74. The molecule has 120 valence electrons. The minimum absolute atomic E-state index is 0.0613. The Hall–Kier alpha value is -2.04. The maximum Gasteiger partial charge on any atom is 0.225 e. The fourth-order valence-electron chi connectivity index (χ4n) is 2.60. The van der Waals surface area contributed by atoms with Crippen LogP contribution in [-0.4, -0.2) is 42.5 Å². The van der Waals surface area contributed by atoms with Gasteiger partial charge in [-0.2, -0.15) is 0 Å². The first-order valence-corrected chi connectivity index (χ1v) is 7.74. The molecule has 0 unspecified atom stereocenters. The second-order valence-corrected chi connectivity index (χ2v) is 6.00. The molecule has 0 saturated carbocycles. The van der Waals surface area contributed by atoms with Gasteiger partial charge >= 0.3 is 0 Å². The van der Waals surface area contributed by atoms with E-state index in [1.165, 1.54) is 0 Å². The van der Waals surface area contributed by atoms with Crippen LogP contribution in [0.5, 0.6) is 5.75 Å². The van der Waals surface area contributed by atoms with Crippen molar-refractivity contribution in [3.8, 4) is 5.75 Å². The second-order valence-electron chi connectivity index (χ2n) is 6.00. The van der Waals surface area contributed by atoms with E-state index in [1.807, 2.05) is 45.0 Å². The molecule has 1 heterocycles. The molecule has 0 aliphatic carbocycles. The van der Waals surface area contributed by atoms with Crippen molar-refractivity contribution < 1.29 is 14.3 Å². The summed E-state index contributed by atoms with van der Waals surface area (Å²) in [6, 6.07) is 7.94. The molecule has 22 heavy (non-hydrogen) atoms. The Morgan fingerprint density at radius 3 is 2.86 bits per heavy atom. The number of benzene rings is 1. The highest BCUT2D eigenvalue weighted by Crippen LogP contribution is 2.20. The highest BCUT2D eigenvalue weighted by atomic mass is 16.5. The lowest BCUT2D eigenvalue weighted by Crippen LogP contribution is -2.36. The van der Waals surface area contributed by atoms with Crippen molar-refractivity contribution in [2.24, 2.45) is 5.92 Å². The number of nitrogens with one attached hydrogen (secondary N) is 1. The highest BCUT2D eigenvalue weighted by Gasteiger charge is 2.35. The van der Waals surface area contributed by atoms with Crippen LogP contribution < -0.4 is 10.1 Å².